The van der Waals surface area contributed by atoms with Crippen LogP contribution in [0.1, 0.15) is 33.9 Å². The van der Waals surface area contributed by atoms with Gasteiger partial charge in [-0.3, -0.25) is 9.36 Å². The second kappa shape index (κ2) is 8.15. The number of hydrogen-bond donors (Lipinski definition) is 0. The second-order valence-corrected chi connectivity index (χ2v) is 6.27. The lowest BCUT2D eigenvalue weighted by molar-refractivity contribution is 0.111. The molecule has 0 saturated heterocycles. The Labute approximate surface area is 169 Å². The van der Waals surface area contributed by atoms with Crippen LogP contribution in [0.25, 0.3) is 11.5 Å². The predicted molar refractivity (Wildman–Crippen MR) is 99.9 cm³/mol. The van der Waals surface area contributed by atoms with Crippen LogP contribution in [0.2, 0.25) is 0 Å². The molecule has 0 N–H and O–H groups in total. The largest absolute Gasteiger partial charge is 0.470 e. The van der Waals surface area contributed by atoms with E-state index in [9.17, 15) is 13.6 Å². The first kappa shape index (κ1) is 19.3. The highest BCUT2D eigenvalue weighted by Gasteiger charge is 2.14. The van der Waals surface area contributed by atoms with Crippen LogP contribution in [-0.4, -0.2) is 41.0 Å². The zero-order valence-electron chi connectivity index (χ0n) is 15.7. The number of alkyl halides is 2. The standard InChI is InChI=1S/C19H15F2N7O2/c1-12-16(28(26-23-12)15-4-2-13(3-5-15)19(20)21)10-30-18-7-6-17(24-25-18)27-8-14(9-29)22-11-27/h2-9,11,19H,10H2,1H3. The van der Waals surface area contributed by atoms with Gasteiger partial charge in [0.25, 0.3) is 6.43 Å². The number of aldehydes is 1. The number of ether oxygens (including phenoxy) is 1. The third-order valence-corrected chi connectivity index (χ3v) is 4.32. The number of aryl methyl sites for hydroxylation is 1. The van der Waals surface area contributed by atoms with Gasteiger partial charge >= 0.3 is 0 Å². The molecule has 0 amide bonds. The maximum absolute atomic E-state index is 12.8. The smallest absolute Gasteiger partial charge is 0.263 e. The molecule has 9 nitrogen and oxygen atoms in total. The Hall–Kier alpha value is -4.02. The molecule has 0 unspecified atom stereocenters. The lowest BCUT2D eigenvalue weighted by Crippen LogP contribution is -2.08. The summed E-state index contributed by atoms with van der Waals surface area (Å²) in [6, 6.07) is 9.09. The molecular weight excluding hydrogens is 396 g/mol. The molecule has 0 saturated carbocycles. The number of rotatable bonds is 7. The molecule has 0 aliphatic carbocycles. The van der Waals surface area contributed by atoms with Crippen LogP contribution in [-0.2, 0) is 6.61 Å². The predicted octanol–water partition coefficient (Wildman–Crippen LogP) is 2.88. The van der Waals surface area contributed by atoms with Gasteiger partial charge in [-0.1, -0.05) is 17.3 Å². The zero-order chi connectivity index (χ0) is 21.1. The Bertz CT molecular complexity index is 1150. The van der Waals surface area contributed by atoms with Crippen molar-refractivity contribution in [1.82, 2.24) is 34.7 Å². The Balaban J connectivity index is 1.49. The first-order valence-corrected chi connectivity index (χ1v) is 8.81. The van der Waals surface area contributed by atoms with Gasteiger partial charge in [-0.2, -0.15) is 0 Å². The van der Waals surface area contributed by atoms with E-state index in [0.717, 1.165) is 0 Å². The molecule has 30 heavy (non-hydrogen) atoms. The minimum absolute atomic E-state index is 0.0677. The van der Waals surface area contributed by atoms with E-state index in [0.29, 0.717) is 29.2 Å². The summed E-state index contributed by atoms with van der Waals surface area (Å²) in [5.74, 6) is 0.750. The van der Waals surface area contributed by atoms with Gasteiger partial charge in [-0.05, 0) is 25.1 Å². The topological polar surface area (TPSA) is 101 Å². The molecule has 0 atom stereocenters. The summed E-state index contributed by atoms with van der Waals surface area (Å²) >= 11 is 0. The number of aromatic nitrogens is 7. The lowest BCUT2D eigenvalue weighted by Gasteiger charge is -2.09. The van der Waals surface area contributed by atoms with E-state index in [2.05, 4.69) is 25.5 Å². The Kier molecular flexibility index (Phi) is 5.24. The van der Waals surface area contributed by atoms with Crippen molar-refractivity contribution in [2.24, 2.45) is 0 Å². The Morgan fingerprint density at radius 2 is 1.90 bits per heavy atom. The van der Waals surface area contributed by atoms with Gasteiger partial charge < -0.3 is 4.74 Å². The maximum atomic E-state index is 12.8. The highest BCUT2D eigenvalue weighted by molar-refractivity contribution is 5.71. The average molecular weight is 411 g/mol. The number of carbonyl (C=O) groups excluding carboxylic acids is 1. The number of nitrogens with zero attached hydrogens (tertiary/aromatic N) is 7. The number of hydrogen-bond acceptors (Lipinski definition) is 7. The monoisotopic (exact) mass is 411 g/mol. The van der Waals surface area contributed by atoms with Crippen molar-refractivity contribution < 1.29 is 18.3 Å². The van der Waals surface area contributed by atoms with Gasteiger partial charge in [-0.25, -0.2) is 18.4 Å². The summed E-state index contributed by atoms with van der Waals surface area (Å²) in [6.45, 7) is 1.87. The van der Waals surface area contributed by atoms with Gasteiger partial charge in [-0.15, -0.1) is 15.3 Å². The van der Waals surface area contributed by atoms with Crippen molar-refractivity contribution in [3.63, 3.8) is 0 Å². The van der Waals surface area contributed by atoms with Gasteiger partial charge in [0, 0.05) is 17.8 Å². The van der Waals surface area contributed by atoms with Gasteiger partial charge in [0.2, 0.25) is 5.88 Å². The van der Waals surface area contributed by atoms with Gasteiger partial charge in [0.05, 0.1) is 11.4 Å². The van der Waals surface area contributed by atoms with Crippen LogP contribution in [0.4, 0.5) is 8.78 Å². The zero-order valence-corrected chi connectivity index (χ0v) is 15.7. The molecular formula is C19H15F2N7O2. The van der Waals surface area contributed by atoms with E-state index >= 15 is 0 Å². The first-order chi connectivity index (χ1) is 14.5. The molecule has 3 aromatic heterocycles. The summed E-state index contributed by atoms with van der Waals surface area (Å²) < 4.78 is 34.3. The third-order valence-electron chi connectivity index (χ3n) is 4.32. The van der Waals surface area contributed by atoms with E-state index in [1.54, 1.807) is 35.8 Å². The van der Waals surface area contributed by atoms with Crippen LogP contribution in [0.15, 0.2) is 48.9 Å². The average Bonchev–Trinajstić information content (AvgIpc) is 3.39. The minimum atomic E-state index is -2.53. The number of benzene rings is 1. The molecule has 0 bridgehead atoms. The van der Waals surface area contributed by atoms with Crippen molar-refractivity contribution in [1.29, 1.82) is 0 Å². The van der Waals surface area contributed by atoms with E-state index in [4.69, 9.17) is 4.74 Å². The first-order valence-electron chi connectivity index (χ1n) is 8.81. The van der Waals surface area contributed by atoms with Crippen LogP contribution in [0, 0.1) is 6.92 Å². The fourth-order valence-electron chi connectivity index (χ4n) is 2.70. The molecule has 152 valence electrons. The van der Waals surface area contributed by atoms with Crippen LogP contribution in [0.5, 0.6) is 5.88 Å². The van der Waals surface area contributed by atoms with Crippen molar-refractivity contribution in [3.05, 3.63) is 71.6 Å². The van der Waals surface area contributed by atoms with E-state index in [-0.39, 0.29) is 23.7 Å². The summed E-state index contributed by atoms with van der Waals surface area (Å²) in [5, 5.41) is 16.2. The molecule has 0 aliphatic rings. The number of imidazole rings is 1. The summed E-state index contributed by atoms with van der Waals surface area (Å²) in [5.41, 5.74) is 2.09. The number of halogens is 2. The summed E-state index contributed by atoms with van der Waals surface area (Å²) in [7, 11) is 0. The number of carbonyl (C=O) groups is 1. The molecule has 4 aromatic rings. The molecule has 0 radical (unpaired) electrons. The quantitative estimate of drug-likeness (QED) is 0.431. The van der Waals surface area contributed by atoms with Crippen LogP contribution < -0.4 is 4.74 Å². The molecule has 0 fully saturated rings. The highest BCUT2D eigenvalue weighted by Crippen LogP contribution is 2.21. The van der Waals surface area contributed by atoms with Crippen molar-refractivity contribution in [2.45, 2.75) is 20.0 Å². The molecule has 1 aromatic carbocycles. The lowest BCUT2D eigenvalue weighted by atomic mass is 10.2. The Morgan fingerprint density at radius 3 is 2.53 bits per heavy atom. The maximum Gasteiger partial charge on any atom is 0.263 e. The van der Waals surface area contributed by atoms with Crippen molar-refractivity contribution in [2.75, 3.05) is 0 Å². The van der Waals surface area contributed by atoms with Crippen LogP contribution >= 0.6 is 0 Å². The normalized spacial score (nSPS) is 11.1. The van der Waals surface area contributed by atoms with E-state index < -0.39 is 6.43 Å². The molecule has 11 heteroatoms. The molecule has 3 heterocycles. The fraction of sp³-hybridized carbons (Fsp3) is 0.158. The van der Waals surface area contributed by atoms with Gasteiger partial charge in [0.15, 0.2) is 12.1 Å². The SMILES string of the molecule is Cc1nnn(-c2ccc(C(F)F)cc2)c1COc1ccc(-n2cnc(C=O)c2)nn1. The molecule has 0 aliphatic heterocycles. The van der Waals surface area contributed by atoms with Crippen molar-refractivity contribution >= 4 is 6.29 Å². The van der Waals surface area contributed by atoms with Crippen LogP contribution in [0.3, 0.4) is 0 Å². The van der Waals surface area contributed by atoms with E-state index in [1.807, 2.05) is 0 Å². The third kappa shape index (κ3) is 3.90. The highest BCUT2D eigenvalue weighted by atomic mass is 19.3. The summed E-state index contributed by atoms with van der Waals surface area (Å²) in [4.78, 5) is 14.6. The minimum Gasteiger partial charge on any atom is -0.470 e. The summed E-state index contributed by atoms with van der Waals surface area (Å²) in [6.07, 6.45) is 1.10. The molecule has 4 rings (SSSR count). The Morgan fingerprint density at radius 1 is 1.10 bits per heavy atom. The van der Waals surface area contributed by atoms with Crippen molar-refractivity contribution in [3.8, 4) is 17.4 Å². The fourth-order valence-corrected chi connectivity index (χ4v) is 2.70. The van der Waals surface area contributed by atoms with Gasteiger partial charge in [0.1, 0.15) is 24.3 Å². The second-order valence-electron chi connectivity index (χ2n) is 6.27. The van der Waals surface area contributed by atoms with E-state index in [1.165, 1.54) is 29.3 Å². The molecule has 0 spiro atoms.